The number of aryl methyl sites for hydroxylation is 1. The van der Waals surface area contributed by atoms with Crippen molar-refractivity contribution in [2.45, 2.75) is 13.0 Å². The van der Waals surface area contributed by atoms with Crippen LogP contribution in [0.15, 0.2) is 17.5 Å². The van der Waals surface area contributed by atoms with E-state index >= 15 is 0 Å². The fourth-order valence-corrected chi connectivity index (χ4v) is 3.07. The molecule has 1 amide bonds. The Labute approximate surface area is 96.9 Å². The first kappa shape index (κ1) is 9.59. The maximum Gasteiger partial charge on any atom is 0.275 e. The number of hydrogen-bond donors (Lipinski definition) is 1. The van der Waals surface area contributed by atoms with Gasteiger partial charge in [-0.25, -0.2) is 0 Å². The van der Waals surface area contributed by atoms with E-state index in [0.717, 1.165) is 11.3 Å². The molecule has 3 rings (SSSR count). The molecule has 1 aliphatic rings. The highest BCUT2D eigenvalue weighted by molar-refractivity contribution is 7.10. The summed E-state index contributed by atoms with van der Waals surface area (Å²) in [6.07, 6.45) is 0. The molecule has 0 fully saturated rings. The van der Waals surface area contributed by atoms with E-state index in [2.05, 4.69) is 16.3 Å². The van der Waals surface area contributed by atoms with E-state index in [1.54, 1.807) is 16.2 Å². The van der Waals surface area contributed by atoms with Crippen LogP contribution in [0.4, 0.5) is 0 Å². The molecule has 0 saturated carbocycles. The Morgan fingerprint density at radius 3 is 3.06 bits per heavy atom. The van der Waals surface area contributed by atoms with E-state index in [-0.39, 0.29) is 11.9 Å². The zero-order valence-corrected chi connectivity index (χ0v) is 9.84. The first-order valence-corrected chi connectivity index (χ1v) is 5.93. The third kappa shape index (κ3) is 1.09. The van der Waals surface area contributed by atoms with E-state index < -0.39 is 0 Å². The van der Waals surface area contributed by atoms with Gasteiger partial charge in [0.2, 0.25) is 0 Å². The van der Waals surface area contributed by atoms with Gasteiger partial charge in [-0.3, -0.25) is 9.89 Å². The van der Waals surface area contributed by atoms with E-state index in [9.17, 15) is 4.79 Å². The van der Waals surface area contributed by atoms with Crippen LogP contribution in [0.1, 0.15) is 32.7 Å². The third-order valence-electron chi connectivity index (χ3n) is 2.99. The predicted molar refractivity (Wildman–Crippen MR) is 61.6 cm³/mol. The Balaban J connectivity index is 2.20. The largest absolute Gasteiger partial charge is 0.328 e. The molecule has 1 aliphatic heterocycles. The summed E-state index contributed by atoms with van der Waals surface area (Å²) in [6, 6.07) is 4.09. The van der Waals surface area contributed by atoms with Crippen LogP contribution in [-0.2, 0) is 0 Å². The summed E-state index contributed by atoms with van der Waals surface area (Å²) in [4.78, 5) is 14.9. The monoisotopic (exact) mass is 233 g/mol. The second-order valence-corrected chi connectivity index (χ2v) is 4.92. The average molecular weight is 233 g/mol. The summed E-state index contributed by atoms with van der Waals surface area (Å²) in [5.41, 5.74) is 2.57. The van der Waals surface area contributed by atoms with Crippen molar-refractivity contribution in [2.75, 3.05) is 7.05 Å². The molecule has 2 aromatic heterocycles. The molecule has 4 nitrogen and oxygen atoms in total. The average Bonchev–Trinajstić information content (AvgIpc) is 2.93. The maximum atomic E-state index is 12.0. The van der Waals surface area contributed by atoms with Gasteiger partial charge < -0.3 is 4.90 Å². The minimum Gasteiger partial charge on any atom is -0.328 e. The number of rotatable bonds is 1. The van der Waals surface area contributed by atoms with E-state index in [1.165, 1.54) is 4.88 Å². The number of carbonyl (C=O) groups is 1. The number of amides is 1. The fourth-order valence-electron chi connectivity index (χ4n) is 2.19. The first-order valence-electron chi connectivity index (χ1n) is 5.05. The standard InChI is InChI=1S/C11H11N3OS/c1-6-8-9(13-12-6)11(15)14(2)10(8)7-4-3-5-16-7/h3-5,10H,1-2H3,(H,12,13)/t10-/m0/s1. The van der Waals surface area contributed by atoms with Gasteiger partial charge in [-0.05, 0) is 18.4 Å². The van der Waals surface area contributed by atoms with Gasteiger partial charge >= 0.3 is 0 Å². The van der Waals surface area contributed by atoms with Crippen molar-refractivity contribution in [2.24, 2.45) is 0 Å². The van der Waals surface area contributed by atoms with Gasteiger partial charge in [0, 0.05) is 23.2 Å². The lowest BCUT2D eigenvalue weighted by molar-refractivity contribution is 0.0789. The molecule has 2 aromatic rings. The normalized spacial score (nSPS) is 19.2. The molecule has 3 heterocycles. The number of hydrogen-bond acceptors (Lipinski definition) is 3. The SMILES string of the molecule is Cc1[nH]nc2c1[C@H](c1cccs1)N(C)C2=O. The highest BCUT2D eigenvalue weighted by Gasteiger charge is 2.39. The summed E-state index contributed by atoms with van der Waals surface area (Å²) < 4.78 is 0. The zero-order chi connectivity index (χ0) is 11.3. The van der Waals surface area contributed by atoms with Crippen molar-refractivity contribution in [1.82, 2.24) is 15.1 Å². The summed E-state index contributed by atoms with van der Waals surface area (Å²) in [7, 11) is 1.83. The number of aromatic nitrogens is 2. The zero-order valence-electron chi connectivity index (χ0n) is 9.02. The summed E-state index contributed by atoms with van der Waals surface area (Å²) in [6.45, 7) is 1.96. The minimum absolute atomic E-state index is 0.00208. The molecule has 0 aromatic carbocycles. The van der Waals surface area contributed by atoms with Crippen LogP contribution in [0.5, 0.6) is 0 Å². The Kier molecular flexibility index (Phi) is 1.91. The van der Waals surface area contributed by atoms with Crippen molar-refractivity contribution in [3.63, 3.8) is 0 Å². The number of thiophene rings is 1. The summed E-state index contributed by atoms with van der Waals surface area (Å²) in [5.74, 6) is -0.00208. The van der Waals surface area contributed by atoms with Crippen LogP contribution in [0.3, 0.4) is 0 Å². The lowest BCUT2D eigenvalue weighted by Gasteiger charge is -2.19. The van der Waals surface area contributed by atoms with Gasteiger partial charge in [0.05, 0.1) is 6.04 Å². The highest BCUT2D eigenvalue weighted by Crippen LogP contribution is 2.39. The maximum absolute atomic E-state index is 12.0. The molecule has 0 spiro atoms. The molecule has 5 heteroatoms. The lowest BCUT2D eigenvalue weighted by Crippen LogP contribution is -2.24. The van der Waals surface area contributed by atoms with Gasteiger partial charge in [0.15, 0.2) is 5.69 Å². The molecule has 0 radical (unpaired) electrons. The third-order valence-corrected chi connectivity index (χ3v) is 3.92. The lowest BCUT2D eigenvalue weighted by atomic mass is 10.1. The van der Waals surface area contributed by atoms with Gasteiger partial charge in [0.1, 0.15) is 0 Å². The van der Waals surface area contributed by atoms with Crippen molar-refractivity contribution >= 4 is 17.2 Å². The van der Waals surface area contributed by atoms with Gasteiger partial charge in [-0.2, -0.15) is 5.10 Å². The van der Waals surface area contributed by atoms with E-state index in [0.29, 0.717) is 5.69 Å². The highest BCUT2D eigenvalue weighted by atomic mass is 32.1. The fraction of sp³-hybridized carbons (Fsp3) is 0.273. The quantitative estimate of drug-likeness (QED) is 0.818. The second kappa shape index (κ2) is 3.18. The van der Waals surface area contributed by atoms with Crippen LogP contribution in [0, 0.1) is 6.92 Å². The van der Waals surface area contributed by atoms with Crippen molar-refractivity contribution in [1.29, 1.82) is 0 Å². The minimum atomic E-state index is -0.00208. The molecule has 82 valence electrons. The van der Waals surface area contributed by atoms with Crippen molar-refractivity contribution < 1.29 is 4.79 Å². The van der Waals surface area contributed by atoms with Crippen molar-refractivity contribution in [3.05, 3.63) is 39.3 Å². The van der Waals surface area contributed by atoms with Gasteiger partial charge in [-0.15, -0.1) is 11.3 Å². The number of nitrogens with one attached hydrogen (secondary N) is 1. The Bertz CT molecular complexity index is 544. The molecule has 16 heavy (non-hydrogen) atoms. The topological polar surface area (TPSA) is 49.0 Å². The molecule has 0 bridgehead atoms. The van der Waals surface area contributed by atoms with Crippen LogP contribution in [-0.4, -0.2) is 28.1 Å². The van der Waals surface area contributed by atoms with Gasteiger partial charge in [0.25, 0.3) is 5.91 Å². The smallest absolute Gasteiger partial charge is 0.275 e. The van der Waals surface area contributed by atoms with Crippen LogP contribution in [0.2, 0.25) is 0 Å². The van der Waals surface area contributed by atoms with Crippen LogP contribution in [0.25, 0.3) is 0 Å². The Hall–Kier alpha value is -1.62. The number of H-pyrrole nitrogens is 1. The molecule has 0 unspecified atom stereocenters. The van der Waals surface area contributed by atoms with E-state index in [4.69, 9.17) is 0 Å². The number of nitrogens with zero attached hydrogens (tertiary/aromatic N) is 2. The number of aromatic amines is 1. The predicted octanol–water partition coefficient (Wildman–Crippen LogP) is 1.95. The Morgan fingerprint density at radius 1 is 1.56 bits per heavy atom. The molecule has 0 aliphatic carbocycles. The van der Waals surface area contributed by atoms with Crippen LogP contribution < -0.4 is 0 Å². The first-order chi connectivity index (χ1) is 7.70. The van der Waals surface area contributed by atoms with Crippen molar-refractivity contribution in [3.8, 4) is 0 Å². The van der Waals surface area contributed by atoms with E-state index in [1.807, 2.05) is 25.4 Å². The molecule has 0 saturated heterocycles. The second-order valence-electron chi connectivity index (χ2n) is 3.94. The molecular weight excluding hydrogens is 222 g/mol. The Morgan fingerprint density at radius 2 is 2.38 bits per heavy atom. The van der Waals surface area contributed by atoms with Crippen LogP contribution >= 0.6 is 11.3 Å². The number of fused-ring (bicyclic) bond motifs is 1. The summed E-state index contributed by atoms with van der Waals surface area (Å²) >= 11 is 1.67. The number of carbonyl (C=O) groups excluding carboxylic acids is 1. The van der Waals surface area contributed by atoms with Gasteiger partial charge in [-0.1, -0.05) is 6.07 Å². The summed E-state index contributed by atoms with van der Waals surface area (Å²) in [5, 5.41) is 8.99. The molecule has 1 atom stereocenters. The molecular formula is C11H11N3OS. The molecule has 1 N–H and O–H groups in total.